The Hall–Kier alpha value is -1.82. The number of nitrogen functional groups attached to an aromatic ring is 1. The third kappa shape index (κ3) is 2.85. The van der Waals surface area contributed by atoms with Gasteiger partial charge in [-0.1, -0.05) is 30.7 Å². The van der Waals surface area contributed by atoms with Crippen LogP contribution in [0.1, 0.15) is 18.4 Å². The number of rotatable bonds is 2. The summed E-state index contributed by atoms with van der Waals surface area (Å²) in [4.78, 5) is 6.93. The third-order valence-corrected chi connectivity index (χ3v) is 2.99. The quantitative estimate of drug-likeness (QED) is 0.913. The molecule has 0 spiro atoms. The van der Waals surface area contributed by atoms with Gasteiger partial charge in [0, 0.05) is 10.6 Å². The van der Waals surface area contributed by atoms with Crippen LogP contribution in [0.25, 0.3) is 11.1 Å². The molecule has 0 aliphatic carbocycles. The summed E-state index contributed by atoms with van der Waals surface area (Å²) in [6, 6.07) is 6.61. The van der Waals surface area contributed by atoms with Gasteiger partial charge < -0.3 is 5.73 Å². The van der Waals surface area contributed by atoms with Gasteiger partial charge in [0.1, 0.15) is 5.82 Å². The topological polar surface area (TPSA) is 51.8 Å². The number of aryl methyl sites for hydroxylation is 1. The average molecular weight is 302 g/mol. The molecule has 0 saturated carbocycles. The predicted octanol–water partition coefficient (Wildman–Crippen LogP) is 3.96. The molecule has 0 bridgehead atoms. The number of nitrogens with two attached hydrogens (primary N) is 1. The van der Waals surface area contributed by atoms with Gasteiger partial charge in [-0.15, -0.1) is 0 Å². The molecule has 1 heterocycles. The second-order valence-corrected chi connectivity index (χ2v) is 4.55. The minimum Gasteiger partial charge on any atom is -0.383 e. The highest BCUT2D eigenvalue weighted by Crippen LogP contribution is 2.33. The van der Waals surface area contributed by atoms with Gasteiger partial charge in [-0.3, -0.25) is 0 Å². The van der Waals surface area contributed by atoms with Crippen LogP contribution in [-0.2, 0) is 12.6 Å². The van der Waals surface area contributed by atoms with Crippen LogP contribution < -0.4 is 5.73 Å². The van der Waals surface area contributed by atoms with E-state index in [-0.39, 0.29) is 11.5 Å². The molecule has 0 amide bonds. The van der Waals surface area contributed by atoms with Crippen molar-refractivity contribution in [2.75, 3.05) is 5.73 Å². The molecule has 2 rings (SSSR count). The number of hydrogen-bond donors (Lipinski definition) is 1. The van der Waals surface area contributed by atoms with E-state index in [1.807, 2.05) is 0 Å². The summed E-state index contributed by atoms with van der Waals surface area (Å²) in [6.07, 6.45) is -4.30. The van der Waals surface area contributed by atoms with Gasteiger partial charge in [0.2, 0.25) is 5.82 Å². The molecule has 0 saturated heterocycles. The number of nitrogens with zero attached hydrogens (tertiary/aromatic N) is 2. The fourth-order valence-electron chi connectivity index (χ4n) is 1.84. The highest BCUT2D eigenvalue weighted by Gasteiger charge is 2.36. The van der Waals surface area contributed by atoms with Crippen LogP contribution in [0.5, 0.6) is 0 Å². The molecule has 20 heavy (non-hydrogen) atoms. The van der Waals surface area contributed by atoms with Crippen molar-refractivity contribution in [2.24, 2.45) is 0 Å². The Morgan fingerprint density at radius 3 is 2.25 bits per heavy atom. The van der Waals surface area contributed by atoms with Crippen LogP contribution in [0, 0.1) is 0 Å². The van der Waals surface area contributed by atoms with Gasteiger partial charge in [-0.05, 0) is 24.1 Å². The summed E-state index contributed by atoms with van der Waals surface area (Å²) in [6.45, 7) is 1.71. The maximum absolute atomic E-state index is 12.7. The summed E-state index contributed by atoms with van der Waals surface area (Å²) >= 11 is 5.79. The highest BCUT2D eigenvalue weighted by atomic mass is 35.5. The molecule has 106 valence electrons. The highest BCUT2D eigenvalue weighted by molar-refractivity contribution is 6.30. The maximum atomic E-state index is 12.7. The van der Waals surface area contributed by atoms with Crippen molar-refractivity contribution in [1.29, 1.82) is 0 Å². The predicted molar refractivity (Wildman–Crippen MR) is 71.3 cm³/mol. The number of benzene rings is 1. The van der Waals surface area contributed by atoms with E-state index in [0.29, 0.717) is 22.6 Å². The SMILES string of the molecule is CCc1nc(C(F)(F)F)nc(N)c1-c1ccc(Cl)cc1. The fraction of sp³-hybridized carbons (Fsp3) is 0.231. The summed E-state index contributed by atoms with van der Waals surface area (Å²) in [7, 11) is 0. The molecule has 1 aromatic heterocycles. The van der Waals surface area contributed by atoms with E-state index in [0.717, 1.165) is 0 Å². The van der Waals surface area contributed by atoms with Gasteiger partial charge >= 0.3 is 6.18 Å². The van der Waals surface area contributed by atoms with Gasteiger partial charge in [-0.25, -0.2) is 9.97 Å². The Kier molecular flexibility index (Phi) is 3.85. The molecule has 0 unspecified atom stereocenters. The third-order valence-electron chi connectivity index (χ3n) is 2.73. The Bertz CT molecular complexity index is 624. The van der Waals surface area contributed by atoms with Gasteiger partial charge in [0.05, 0.1) is 5.69 Å². The van der Waals surface area contributed by atoms with Gasteiger partial charge in [0.25, 0.3) is 0 Å². The smallest absolute Gasteiger partial charge is 0.383 e. The van der Waals surface area contributed by atoms with Crippen molar-refractivity contribution >= 4 is 17.4 Å². The maximum Gasteiger partial charge on any atom is 0.451 e. The van der Waals surface area contributed by atoms with Crippen LogP contribution in [0.2, 0.25) is 5.02 Å². The second-order valence-electron chi connectivity index (χ2n) is 4.11. The van der Waals surface area contributed by atoms with E-state index in [9.17, 15) is 13.2 Å². The summed E-state index contributed by atoms with van der Waals surface area (Å²) < 4.78 is 38.0. The molecule has 2 aromatic rings. The van der Waals surface area contributed by atoms with E-state index < -0.39 is 12.0 Å². The molecular formula is C13H11ClF3N3. The fourth-order valence-corrected chi connectivity index (χ4v) is 1.97. The van der Waals surface area contributed by atoms with Crippen LogP contribution in [0.15, 0.2) is 24.3 Å². The van der Waals surface area contributed by atoms with Crippen molar-refractivity contribution in [3.63, 3.8) is 0 Å². The van der Waals surface area contributed by atoms with Crippen molar-refractivity contribution in [1.82, 2.24) is 9.97 Å². The molecule has 1 aromatic carbocycles. The van der Waals surface area contributed by atoms with E-state index >= 15 is 0 Å². The largest absolute Gasteiger partial charge is 0.451 e. The first-order valence-corrected chi connectivity index (χ1v) is 6.20. The molecule has 0 radical (unpaired) electrons. The first-order chi connectivity index (χ1) is 9.32. The minimum absolute atomic E-state index is 0.188. The zero-order valence-corrected chi connectivity index (χ0v) is 11.3. The van der Waals surface area contributed by atoms with Crippen LogP contribution >= 0.6 is 11.6 Å². The Balaban J connectivity index is 2.62. The average Bonchev–Trinajstić information content (AvgIpc) is 2.38. The zero-order valence-electron chi connectivity index (χ0n) is 10.5. The Labute approximate surface area is 118 Å². The lowest BCUT2D eigenvalue weighted by Crippen LogP contribution is -2.15. The normalized spacial score (nSPS) is 11.7. The van der Waals surface area contributed by atoms with Crippen LogP contribution in [0.4, 0.5) is 19.0 Å². The molecule has 2 N–H and O–H groups in total. The standard InChI is InChI=1S/C13H11ClF3N3/c1-2-9-10(7-3-5-8(14)6-4-7)11(18)20-12(19-9)13(15,16)17/h3-6H,2H2,1H3,(H2,18,19,20). The van der Waals surface area contributed by atoms with E-state index in [4.69, 9.17) is 17.3 Å². The lowest BCUT2D eigenvalue weighted by atomic mass is 10.0. The number of halogens is 4. The number of aromatic nitrogens is 2. The van der Waals surface area contributed by atoms with E-state index in [1.165, 1.54) is 0 Å². The van der Waals surface area contributed by atoms with Crippen molar-refractivity contribution < 1.29 is 13.2 Å². The summed E-state index contributed by atoms with van der Waals surface area (Å²) in [5.74, 6) is -1.41. The Morgan fingerprint density at radius 1 is 1.15 bits per heavy atom. The van der Waals surface area contributed by atoms with Crippen molar-refractivity contribution in [3.05, 3.63) is 40.8 Å². The first kappa shape index (κ1) is 14.6. The summed E-state index contributed by atoms with van der Waals surface area (Å²) in [5, 5.41) is 0.526. The number of anilines is 1. The number of hydrogen-bond acceptors (Lipinski definition) is 3. The molecular weight excluding hydrogens is 291 g/mol. The summed E-state index contributed by atoms with van der Waals surface area (Å²) in [5.41, 5.74) is 6.99. The van der Waals surface area contributed by atoms with Crippen molar-refractivity contribution in [2.45, 2.75) is 19.5 Å². The monoisotopic (exact) mass is 301 g/mol. The van der Waals surface area contributed by atoms with Gasteiger partial charge in [0.15, 0.2) is 0 Å². The lowest BCUT2D eigenvalue weighted by molar-refractivity contribution is -0.145. The molecule has 7 heteroatoms. The molecule has 0 atom stereocenters. The second kappa shape index (κ2) is 5.28. The van der Waals surface area contributed by atoms with Crippen LogP contribution in [-0.4, -0.2) is 9.97 Å². The lowest BCUT2D eigenvalue weighted by Gasteiger charge is -2.13. The minimum atomic E-state index is -4.61. The zero-order chi connectivity index (χ0) is 14.9. The first-order valence-electron chi connectivity index (χ1n) is 5.82. The number of alkyl halides is 3. The van der Waals surface area contributed by atoms with Crippen LogP contribution in [0.3, 0.4) is 0 Å². The molecule has 3 nitrogen and oxygen atoms in total. The van der Waals surface area contributed by atoms with Crippen molar-refractivity contribution in [3.8, 4) is 11.1 Å². The van der Waals surface area contributed by atoms with Gasteiger partial charge in [-0.2, -0.15) is 13.2 Å². The van der Waals surface area contributed by atoms with E-state index in [2.05, 4.69) is 9.97 Å². The van der Waals surface area contributed by atoms with E-state index in [1.54, 1.807) is 31.2 Å². The molecule has 0 aliphatic rings. The Morgan fingerprint density at radius 2 is 1.75 bits per heavy atom. The molecule has 0 fully saturated rings. The molecule has 0 aliphatic heterocycles.